The molecular formula is C12H14N2O3. The van der Waals surface area contributed by atoms with Gasteiger partial charge in [-0.05, 0) is 30.7 Å². The van der Waals surface area contributed by atoms with Crippen molar-refractivity contribution in [2.45, 2.75) is 13.3 Å². The van der Waals surface area contributed by atoms with Gasteiger partial charge in [-0.1, -0.05) is 6.92 Å². The van der Waals surface area contributed by atoms with Crippen LogP contribution < -0.4 is 15.0 Å². The molecule has 5 heteroatoms. The van der Waals surface area contributed by atoms with Gasteiger partial charge in [-0.3, -0.25) is 4.79 Å². The Balaban J connectivity index is 2.12. The van der Waals surface area contributed by atoms with Gasteiger partial charge < -0.3 is 10.1 Å². The van der Waals surface area contributed by atoms with E-state index in [0.717, 1.165) is 17.1 Å². The lowest BCUT2D eigenvalue weighted by Gasteiger charge is -2.13. The van der Waals surface area contributed by atoms with E-state index in [1.54, 1.807) is 24.3 Å². The Bertz CT molecular complexity index is 412. The van der Waals surface area contributed by atoms with Gasteiger partial charge in [0.05, 0.1) is 18.8 Å². The van der Waals surface area contributed by atoms with Gasteiger partial charge in [0, 0.05) is 0 Å². The summed E-state index contributed by atoms with van der Waals surface area (Å²) in [6, 6.07) is 6.53. The average molecular weight is 234 g/mol. The number of nitrogens with zero attached hydrogens (tertiary/aromatic N) is 1. The van der Waals surface area contributed by atoms with Gasteiger partial charge in [0.2, 0.25) is 0 Å². The Hall–Kier alpha value is -2.04. The third-order valence-corrected chi connectivity index (χ3v) is 2.41. The first-order valence-corrected chi connectivity index (χ1v) is 5.56. The molecule has 0 saturated carbocycles. The number of urea groups is 1. The van der Waals surface area contributed by atoms with Crippen LogP contribution in [0.1, 0.15) is 13.3 Å². The largest absolute Gasteiger partial charge is 0.494 e. The molecule has 5 nitrogen and oxygen atoms in total. The van der Waals surface area contributed by atoms with E-state index in [-0.39, 0.29) is 18.5 Å². The maximum atomic E-state index is 11.5. The molecule has 90 valence electrons. The molecule has 0 atom stereocenters. The van der Waals surface area contributed by atoms with Crippen molar-refractivity contribution >= 4 is 17.6 Å². The standard InChI is InChI=1S/C12H14N2O3/c1-2-7-17-10-5-3-9(4-6-10)14-11(15)8-13-12(14)16/h3-6H,2,7-8H2,1H3,(H,13,16). The molecule has 0 aromatic heterocycles. The van der Waals surface area contributed by atoms with Crippen molar-refractivity contribution in [1.29, 1.82) is 0 Å². The second-order valence-electron chi connectivity index (χ2n) is 3.73. The van der Waals surface area contributed by atoms with E-state index >= 15 is 0 Å². The van der Waals surface area contributed by atoms with E-state index in [2.05, 4.69) is 5.32 Å². The van der Waals surface area contributed by atoms with Crippen molar-refractivity contribution in [3.63, 3.8) is 0 Å². The highest BCUT2D eigenvalue weighted by Crippen LogP contribution is 2.21. The number of nitrogens with one attached hydrogen (secondary N) is 1. The number of amides is 3. The summed E-state index contributed by atoms with van der Waals surface area (Å²) >= 11 is 0. The number of hydrogen-bond acceptors (Lipinski definition) is 3. The average Bonchev–Trinajstić information content (AvgIpc) is 2.67. The van der Waals surface area contributed by atoms with E-state index in [1.165, 1.54) is 0 Å². The summed E-state index contributed by atoms with van der Waals surface area (Å²) in [7, 11) is 0. The van der Waals surface area contributed by atoms with Crippen LogP contribution in [0.2, 0.25) is 0 Å². The van der Waals surface area contributed by atoms with Gasteiger partial charge in [0.25, 0.3) is 5.91 Å². The van der Waals surface area contributed by atoms with Gasteiger partial charge in [-0.2, -0.15) is 0 Å². The predicted octanol–water partition coefficient (Wildman–Crippen LogP) is 1.53. The van der Waals surface area contributed by atoms with Crippen LogP contribution in [-0.4, -0.2) is 25.1 Å². The molecule has 0 unspecified atom stereocenters. The van der Waals surface area contributed by atoms with Gasteiger partial charge in [-0.15, -0.1) is 0 Å². The zero-order valence-corrected chi connectivity index (χ0v) is 9.60. The quantitative estimate of drug-likeness (QED) is 0.804. The van der Waals surface area contributed by atoms with Crippen LogP contribution in [0.25, 0.3) is 0 Å². The molecule has 1 aromatic carbocycles. The highest BCUT2D eigenvalue weighted by atomic mass is 16.5. The van der Waals surface area contributed by atoms with Crippen molar-refractivity contribution < 1.29 is 14.3 Å². The summed E-state index contributed by atoms with van der Waals surface area (Å²) < 4.78 is 5.42. The number of carbonyl (C=O) groups excluding carboxylic acids is 2. The van der Waals surface area contributed by atoms with Crippen LogP contribution in [0.15, 0.2) is 24.3 Å². The molecule has 1 aliphatic heterocycles. The second-order valence-corrected chi connectivity index (χ2v) is 3.73. The summed E-state index contributed by atoms with van der Waals surface area (Å²) in [5.41, 5.74) is 0.564. The topological polar surface area (TPSA) is 58.6 Å². The number of ether oxygens (including phenoxy) is 1. The summed E-state index contributed by atoms with van der Waals surface area (Å²) in [6.07, 6.45) is 0.939. The first kappa shape index (κ1) is 11.4. The molecule has 0 spiro atoms. The molecular weight excluding hydrogens is 220 g/mol. The van der Waals surface area contributed by atoms with E-state index in [0.29, 0.717) is 12.3 Å². The maximum Gasteiger partial charge on any atom is 0.329 e. The molecule has 0 bridgehead atoms. The number of anilines is 1. The zero-order valence-electron chi connectivity index (χ0n) is 9.60. The van der Waals surface area contributed by atoms with Crippen molar-refractivity contribution in [3.05, 3.63) is 24.3 Å². The fraction of sp³-hybridized carbons (Fsp3) is 0.333. The van der Waals surface area contributed by atoms with Crippen LogP contribution >= 0.6 is 0 Å². The lowest BCUT2D eigenvalue weighted by molar-refractivity contribution is -0.115. The summed E-state index contributed by atoms with van der Waals surface area (Å²) in [5, 5.41) is 2.47. The van der Waals surface area contributed by atoms with Gasteiger partial charge in [-0.25, -0.2) is 9.69 Å². The molecule has 17 heavy (non-hydrogen) atoms. The Morgan fingerprint density at radius 3 is 2.53 bits per heavy atom. The fourth-order valence-corrected chi connectivity index (χ4v) is 1.60. The van der Waals surface area contributed by atoms with Gasteiger partial charge in [0.1, 0.15) is 5.75 Å². The Morgan fingerprint density at radius 2 is 2.00 bits per heavy atom. The molecule has 0 aliphatic carbocycles. The van der Waals surface area contributed by atoms with Crippen LogP contribution in [-0.2, 0) is 4.79 Å². The molecule has 1 saturated heterocycles. The Labute approximate surface area is 99.4 Å². The minimum atomic E-state index is -0.378. The summed E-state index contributed by atoms with van der Waals surface area (Å²) in [4.78, 5) is 24.0. The fourth-order valence-electron chi connectivity index (χ4n) is 1.60. The molecule has 2 rings (SSSR count). The first-order chi connectivity index (χ1) is 8.22. The SMILES string of the molecule is CCCOc1ccc(N2C(=O)CNC2=O)cc1. The zero-order chi connectivity index (χ0) is 12.3. The molecule has 1 heterocycles. The van der Waals surface area contributed by atoms with Crippen LogP contribution in [0.3, 0.4) is 0 Å². The van der Waals surface area contributed by atoms with Crippen molar-refractivity contribution in [1.82, 2.24) is 5.32 Å². The summed E-state index contributed by atoms with van der Waals surface area (Å²) in [5.74, 6) is 0.500. The number of imide groups is 1. The maximum absolute atomic E-state index is 11.5. The lowest BCUT2D eigenvalue weighted by atomic mass is 10.3. The number of hydrogen-bond donors (Lipinski definition) is 1. The first-order valence-electron chi connectivity index (χ1n) is 5.56. The number of rotatable bonds is 4. The van der Waals surface area contributed by atoms with Crippen LogP contribution in [0, 0.1) is 0 Å². The highest BCUT2D eigenvalue weighted by molar-refractivity contribution is 6.19. The van der Waals surface area contributed by atoms with Crippen molar-refractivity contribution in [2.24, 2.45) is 0 Å². The monoisotopic (exact) mass is 234 g/mol. The predicted molar refractivity (Wildman–Crippen MR) is 63.1 cm³/mol. The third kappa shape index (κ3) is 2.38. The molecule has 0 radical (unpaired) electrons. The molecule has 1 N–H and O–H groups in total. The minimum absolute atomic E-state index is 0.0624. The van der Waals surface area contributed by atoms with Crippen molar-refractivity contribution in [2.75, 3.05) is 18.1 Å². The van der Waals surface area contributed by atoms with Crippen LogP contribution in [0.4, 0.5) is 10.5 Å². The molecule has 1 aromatic rings. The smallest absolute Gasteiger partial charge is 0.329 e. The van der Waals surface area contributed by atoms with E-state index in [9.17, 15) is 9.59 Å². The van der Waals surface area contributed by atoms with Gasteiger partial charge >= 0.3 is 6.03 Å². The van der Waals surface area contributed by atoms with E-state index in [4.69, 9.17) is 4.74 Å². The number of carbonyl (C=O) groups is 2. The second kappa shape index (κ2) is 4.86. The molecule has 1 aliphatic rings. The summed E-state index contributed by atoms with van der Waals surface area (Å²) in [6.45, 7) is 2.75. The molecule has 1 fully saturated rings. The molecule has 3 amide bonds. The Morgan fingerprint density at radius 1 is 1.29 bits per heavy atom. The Kier molecular flexibility index (Phi) is 3.27. The van der Waals surface area contributed by atoms with E-state index < -0.39 is 0 Å². The van der Waals surface area contributed by atoms with E-state index in [1.807, 2.05) is 6.92 Å². The number of benzene rings is 1. The lowest BCUT2D eigenvalue weighted by Crippen LogP contribution is -2.30. The highest BCUT2D eigenvalue weighted by Gasteiger charge is 2.29. The third-order valence-electron chi connectivity index (χ3n) is 2.41. The van der Waals surface area contributed by atoms with Gasteiger partial charge in [0.15, 0.2) is 0 Å². The normalized spacial score (nSPS) is 15.0. The van der Waals surface area contributed by atoms with Crippen molar-refractivity contribution in [3.8, 4) is 5.75 Å². The minimum Gasteiger partial charge on any atom is -0.494 e. The van der Waals surface area contributed by atoms with Crippen LogP contribution in [0.5, 0.6) is 5.75 Å².